The lowest BCUT2D eigenvalue weighted by molar-refractivity contribution is 0.144. The SMILES string of the molecule is COc1c(Br)cc(Cl)cc1C(O)C1CC1C. The van der Waals surface area contributed by atoms with E-state index in [0.717, 1.165) is 16.5 Å². The monoisotopic (exact) mass is 304 g/mol. The molecule has 1 aliphatic rings. The summed E-state index contributed by atoms with van der Waals surface area (Å²) >= 11 is 9.38. The van der Waals surface area contributed by atoms with Crippen molar-refractivity contribution in [2.45, 2.75) is 19.4 Å². The second-order valence-electron chi connectivity index (χ2n) is 4.33. The first kappa shape index (κ1) is 12.2. The van der Waals surface area contributed by atoms with Gasteiger partial charge >= 0.3 is 0 Å². The van der Waals surface area contributed by atoms with Crippen LogP contribution in [0.25, 0.3) is 0 Å². The Kier molecular flexibility index (Phi) is 3.48. The van der Waals surface area contributed by atoms with E-state index in [1.54, 1.807) is 19.2 Å². The van der Waals surface area contributed by atoms with Gasteiger partial charge in [-0.25, -0.2) is 0 Å². The van der Waals surface area contributed by atoms with Gasteiger partial charge in [0.15, 0.2) is 0 Å². The molecular formula is C12H14BrClO2. The molecule has 1 fully saturated rings. The highest BCUT2D eigenvalue weighted by Gasteiger charge is 2.40. The van der Waals surface area contributed by atoms with Crippen LogP contribution < -0.4 is 4.74 Å². The van der Waals surface area contributed by atoms with Gasteiger partial charge in [-0.2, -0.15) is 0 Å². The number of hydrogen-bond donors (Lipinski definition) is 1. The fourth-order valence-corrected chi connectivity index (χ4v) is 3.03. The normalized spacial score (nSPS) is 25.3. The highest BCUT2D eigenvalue weighted by molar-refractivity contribution is 9.10. The Balaban J connectivity index is 2.38. The summed E-state index contributed by atoms with van der Waals surface area (Å²) in [4.78, 5) is 0. The molecule has 1 aromatic carbocycles. The number of ether oxygens (including phenoxy) is 1. The third-order valence-electron chi connectivity index (χ3n) is 3.14. The number of aliphatic hydroxyl groups excluding tert-OH is 1. The molecule has 0 aliphatic heterocycles. The molecule has 0 bridgehead atoms. The fraction of sp³-hybridized carbons (Fsp3) is 0.500. The second kappa shape index (κ2) is 4.55. The molecule has 2 rings (SSSR count). The molecule has 1 saturated carbocycles. The van der Waals surface area contributed by atoms with Gasteiger partial charge in [0.25, 0.3) is 0 Å². The first-order valence-electron chi connectivity index (χ1n) is 5.25. The van der Waals surface area contributed by atoms with Gasteiger partial charge in [0, 0.05) is 10.6 Å². The predicted octanol–water partition coefficient (Wildman–Crippen LogP) is 3.80. The maximum absolute atomic E-state index is 10.2. The Labute approximate surface area is 109 Å². The molecule has 3 unspecified atom stereocenters. The molecule has 4 heteroatoms. The molecule has 1 aliphatic carbocycles. The lowest BCUT2D eigenvalue weighted by atomic mass is 10.0. The van der Waals surface area contributed by atoms with Gasteiger partial charge < -0.3 is 9.84 Å². The Morgan fingerprint density at radius 1 is 1.56 bits per heavy atom. The Morgan fingerprint density at radius 3 is 2.69 bits per heavy atom. The zero-order valence-corrected chi connectivity index (χ0v) is 11.5. The van der Waals surface area contributed by atoms with E-state index in [2.05, 4.69) is 22.9 Å². The van der Waals surface area contributed by atoms with Gasteiger partial charge in [-0.05, 0) is 46.3 Å². The van der Waals surface area contributed by atoms with Crippen LogP contribution in [0.3, 0.4) is 0 Å². The minimum absolute atomic E-state index is 0.333. The van der Waals surface area contributed by atoms with Crippen molar-refractivity contribution in [3.63, 3.8) is 0 Å². The lowest BCUT2D eigenvalue weighted by Crippen LogP contribution is -2.04. The molecule has 0 spiro atoms. The van der Waals surface area contributed by atoms with Crippen molar-refractivity contribution in [2.24, 2.45) is 11.8 Å². The number of methoxy groups -OCH3 is 1. The minimum Gasteiger partial charge on any atom is -0.495 e. The number of aliphatic hydroxyl groups is 1. The molecule has 0 aromatic heterocycles. The highest BCUT2D eigenvalue weighted by atomic mass is 79.9. The highest BCUT2D eigenvalue weighted by Crippen LogP contribution is 2.50. The van der Waals surface area contributed by atoms with Crippen LogP contribution in [-0.2, 0) is 0 Å². The molecule has 1 N–H and O–H groups in total. The van der Waals surface area contributed by atoms with Crippen LogP contribution >= 0.6 is 27.5 Å². The van der Waals surface area contributed by atoms with E-state index in [-0.39, 0.29) is 0 Å². The summed E-state index contributed by atoms with van der Waals surface area (Å²) in [6, 6.07) is 3.55. The summed E-state index contributed by atoms with van der Waals surface area (Å²) < 4.78 is 6.08. The zero-order chi connectivity index (χ0) is 11.9. The van der Waals surface area contributed by atoms with E-state index < -0.39 is 6.10 Å². The zero-order valence-electron chi connectivity index (χ0n) is 9.21. The maximum atomic E-state index is 10.2. The summed E-state index contributed by atoms with van der Waals surface area (Å²) in [6.45, 7) is 2.14. The van der Waals surface area contributed by atoms with E-state index >= 15 is 0 Å². The van der Waals surface area contributed by atoms with Crippen molar-refractivity contribution in [1.29, 1.82) is 0 Å². The van der Waals surface area contributed by atoms with Gasteiger partial charge in [0.1, 0.15) is 5.75 Å². The van der Waals surface area contributed by atoms with Crippen molar-refractivity contribution in [3.8, 4) is 5.75 Å². The van der Waals surface area contributed by atoms with Crippen molar-refractivity contribution >= 4 is 27.5 Å². The molecule has 0 saturated heterocycles. The predicted molar refractivity (Wildman–Crippen MR) is 67.9 cm³/mol. The van der Waals surface area contributed by atoms with Crippen LogP contribution in [0.5, 0.6) is 5.75 Å². The van der Waals surface area contributed by atoms with Gasteiger partial charge in [-0.15, -0.1) is 0 Å². The van der Waals surface area contributed by atoms with Crippen LogP contribution in [0.2, 0.25) is 5.02 Å². The van der Waals surface area contributed by atoms with Gasteiger partial charge in [-0.3, -0.25) is 0 Å². The van der Waals surface area contributed by atoms with Gasteiger partial charge in [0.2, 0.25) is 0 Å². The lowest BCUT2D eigenvalue weighted by Gasteiger charge is -2.16. The molecule has 2 nitrogen and oxygen atoms in total. The smallest absolute Gasteiger partial charge is 0.138 e. The van der Waals surface area contributed by atoms with Crippen LogP contribution in [0, 0.1) is 11.8 Å². The molecular weight excluding hydrogens is 291 g/mol. The summed E-state index contributed by atoms with van der Waals surface area (Å²) in [5, 5.41) is 10.8. The van der Waals surface area contributed by atoms with E-state index in [4.69, 9.17) is 16.3 Å². The molecule has 0 heterocycles. The standard InChI is InChI=1S/C12H14BrClO2/c1-6-3-8(6)11(15)9-4-7(14)5-10(13)12(9)16-2/h4-6,8,11,15H,3H2,1-2H3. The summed E-state index contributed by atoms with van der Waals surface area (Å²) in [7, 11) is 1.60. The first-order chi connectivity index (χ1) is 7.54. The average Bonchev–Trinajstić information content (AvgIpc) is 2.93. The third-order valence-corrected chi connectivity index (χ3v) is 3.94. The fourth-order valence-electron chi connectivity index (χ4n) is 2.04. The van der Waals surface area contributed by atoms with E-state index in [1.165, 1.54) is 0 Å². The number of rotatable bonds is 3. The Morgan fingerprint density at radius 2 is 2.19 bits per heavy atom. The van der Waals surface area contributed by atoms with Crippen LogP contribution in [0.4, 0.5) is 0 Å². The van der Waals surface area contributed by atoms with Gasteiger partial charge in [0.05, 0.1) is 17.7 Å². The molecule has 16 heavy (non-hydrogen) atoms. The molecule has 88 valence electrons. The number of hydrogen-bond acceptors (Lipinski definition) is 2. The van der Waals surface area contributed by atoms with Crippen molar-refractivity contribution in [2.75, 3.05) is 7.11 Å². The molecule has 0 radical (unpaired) electrons. The van der Waals surface area contributed by atoms with Crippen LogP contribution in [-0.4, -0.2) is 12.2 Å². The molecule has 0 amide bonds. The summed E-state index contributed by atoms with van der Waals surface area (Å²) in [6.07, 6.45) is 0.578. The number of benzene rings is 1. The summed E-state index contributed by atoms with van der Waals surface area (Å²) in [5.74, 6) is 1.59. The van der Waals surface area contributed by atoms with Crippen LogP contribution in [0.1, 0.15) is 25.0 Å². The van der Waals surface area contributed by atoms with E-state index in [1.807, 2.05) is 0 Å². The largest absolute Gasteiger partial charge is 0.495 e. The quantitative estimate of drug-likeness (QED) is 0.920. The van der Waals surface area contributed by atoms with Crippen molar-refractivity contribution in [3.05, 3.63) is 27.2 Å². The van der Waals surface area contributed by atoms with Crippen molar-refractivity contribution in [1.82, 2.24) is 0 Å². The van der Waals surface area contributed by atoms with E-state index in [0.29, 0.717) is 22.6 Å². The molecule has 3 atom stereocenters. The minimum atomic E-state index is -0.486. The maximum Gasteiger partial charge on any atom is 0.138 e. The Bertz CT molecular complexity index is 408. The molecule has 1 aromatic rings. The first-order valence-corrected chi connectivity index (χ1v) is 6.42. The van der Waals surface area contributed by atoms with Gasteiger partial charge in [-0.1, -0.05) is 18.5 Å². The average molecular weight is 306 g/mol. The number of halogens is 2. The van der Waals surface area contributed by atoms with Crippen LogP contribution in [0.15, 0.2) is 16.6 Å². The third kappa shape index (κ3) is 2.22. The topological polar surface area (TPSA) is 29.5 Å². The second-order valence-corrected chi connectivity index (χ2v) is 5.62. The van der Waals surface area contributed by atoms with E-state index in [9.17, 15) is 5.11 Å². The van der Waals surface area contributed by atoms with Crippen molar-refractivity contribution < 1.29 is 9.84 Å². The summed E-state index contributed by atoms with van der Waals surface area (Å²) in [5.41, 5.74) is 0.774. The Hall–Kier alpha value is -0.250.